The Balaban J connectivity index is 1.12. The lowest BCUT2D eigenvalue weighted by Gasteiger charge is -2.48. The van der Waals surface area contributed by atoms with Crippen LogP contribution in [0.4, 0.5) is 28.8 Å². The summed E-state index contributed by atoms with van der Waals surface area (Å²) >= 11 is 3.59. The minimum atomic E-state index is -2.73. The highest BCUT2D eigenvalue weighted by Gasteiger charge is 2.36. The number of ether oxygens (including phenoxy) is 1. The smallest absolute Gasteiger partial charge is 0.229 e. The maximum absolute atomic E-state index is 13.4. The number of hydrogen-bond donors (Lipinski definition) is 2. The van der Waals surface area contributed by atoms with Crippen LogP contribution in [0.3, 0.4) is 0 Å². The Morgan fingerprint density at radius 1 is 0.957 bits per heavy atom. The van der Waals surface area contributed by atoms with Crippen molar-refractivity contribution >= 4 is 68.2 Å². The minimum absolute atomic E-state index is 0.420. The van der Waals surface area contributed by atoms with E-state index in [0.29, 0.717) is 50.3 Å². The van der Waals surface area contributed by atoms with Crippen molar-refractivity contribution in [3.63, 3.8) is 0 Å². The lowest BCUT2D eigenvalue weighted by molar-refractivity contribution is 0.0892. The number of fused-ring (bicyclic) bond motifs is 4. The van der Waals surface area contributed by atoms with Crippen LogP contribution < -0.4 is 25.6 Å². The van der Waals surface area contributed by atoms with Gasteiger partial charge in [0.15, 0.2) is 0 Å². The third-order valence-electron chi connectivity index (χ3n) is 9.60. The van der Waals surface area contributed by atoms with Crippen LogP contribution in [-0.2, 0) is 11.0 Å². The van der Waals surface area contributed by atoms with Gasteiger partial charge in [0.05, 0.1) is 33.8 Å². The van der Waals surface area contributed by atoms with Gasteiger partial charge in [0, 0.05) is 75.2 Å². The third-order valence-corrected chi connectivity index (χ3v) is 11.7. The lowest BCUT2D eigenvalue weighted by atomic mass is 9.86. The molecule has 2 saturated heterocycles. The first-order valence-electron chi connectivity index (χ1n) is 15.9. The number of likely N-dealkylation sites (N-methyl/N-ethyl adjacent to an activating group) is 1. The highest BCUT2D eigenvalue weighted by molar-refractivity contribution is 9.10. The van der Waals surface area contributed by atoms with Crippen molar-refractivity contribution in [2.45, 2.75) is 37.8 Å². The number of halogens is 1. The van der Waals surface area contributed by atoms with Crippen LogP contribution in [0.25, 0.3) is 11.0 Å². The van der Waals surface area contributed by atoms with Gasteiger partial charge in [-0.3, -0.25) is 14.9 Å². The summed E-state index contributed by atoms with van der Waals surface area (Å²) in [5.41, 5.74) is 5.41. The minimum Gasteiger partial charge on any atom is -0.494 e. The second kappa shape index (κ2) is 12.7. The molecule has 0 spiro atoms. The maximum atomic E-state index is 13.4. The lowest BCUT2D eigenvalue weighted by Crippen LogP contribution is -2.55. The molecule has 5 heterocycles. The maximum Gasteiger partial charge on any atom is 0.229 e. The van der Waals surface area contributed by atoms with Crippen LogP contribution >= 0.6 is 23.1 Å². The largest absolute Gasteiger partial charge is 0.494 e. The normalized spacial score (nSPS) is 20.7. The zero-order valence-corrected chi connectivity index (χ0v) is 29.3. The zero-order valence-electron chi connectivity index (χ0n) is 26.8. The van der Waals surface area contributed by atoms with Crippen LogP contribution in [0.5, 0.6) is 5.75 Å². The first kappa shape index (κ1) is 31.3. The first-order chi connectivity index (χ1) is 22.2. The SMILES string of the molecule is COc1cc2c(cc1Nc1ncc(Br)c(Nc3ccc4nccnc4c3P(C)(C)=O)n1)CCC1CC(N3CCN(C)CC3)CCN21. The molecular formula is C33H41BrN9O2P. The Morgan fingerprint density at radius 3 is 2.54 bits per heavy atom. The molecular weight excluding hydrogens is 665 g/mol. The fourth-order valence-corrected chi connectivity index (χ4v) is 8.92. The summed E-state index contributed by atoms with van der Waals surface area (Å²) in [7, 11) is 1.20. The molecule has 4 aromatic rings. The molecule has 2 N–H and O–H groups in total. The quantitative estimate of drug-likeness (QED) is 0.239. The number of hydrogen-bond acceptors (Lipinski definition) is 11. The average molecular weight is 707 g/mol. The van der Waals surface area contributed by atoms with E-state index in [0.717, 1.165) is 30.8 Å². The number of nitrogens with zero attached hydrogens (tertiary/aromatic N) is 7. The van der Waals surface area contributed by atoms with Gasteiger partial charge in [-0.2, -0.15) is 4.98 Å². The summed E-state index contributed by atoms with van der Waals surface area (Å²) in [5, 5.41) is 7.43. The van der Waals surface area contributed by atoms with E-state index >= 15 is 0 Å². The zero-order chi connectivity index (χ0) is 32.0. The summed E-state index contributed by atoms with van der Waals surface area (Å²) in [6, 6.07) is 9.36. The molecule has 3 aliphatic rings. The molecule has 3 aliphatic heterocycles. The molecule has 242 valence electrons. The molecule has 7 rings (SSSR count). The Morgan fingerprint density at radius 2 is 1.76 bits per heavy atom. The van der Waals surface area contributed by atoms with Gasteiger partial charge in [0.25, 0.3) is 0 Å². The number of methoxy groups -OCH3 is 1. The summed E-state index contributed by atoms with van der Waals surface area (Å²) < 4.78 is 20.0. The average Bonchev–Trinajstić information content (AvgIpc) is 3.05. The molecule has 2 fully saturated rings. The van der Waals surface area contributed by atoms with E-state index in [9.17, 15) is 4.57 Å². The molecule has 2 aromatic carbocycles. The van der Waals surface area contributed by atoms with Crippen molar-refractivity contribution < 1.29 is 9.30 Å². The summed E-state index contributed by atoms with van der Waals surface area (Å²) in [6.45, 7) is 9.24. The molecule has 0 aliphatic carbocycles. The van der Waals surface area contributed by atoms with E-state index in [2.05, 4.69) is 75.4 Å². The van der Waals surface area contributed by atoms with E-state index in [1.165, 1.54) is 50.3 Å². The molecule has 2 atom stereocenters. The van der Waals surface area contributed by atoms with Crippen molar-refractivity contribution in [1.29, 1.82) is 0 Å². The molecule has 11 nitrogen and oxygen atoms in total. The molecule has 13 heteroatoms. The third kappa shape index (κ3) is 6.20. The van der Waals surface area contributed by atoms with Crippen molar-refractivity contribution in [3.8, 4) is 5.75 Å². The first-order valence-corrected chi connectivity index (χ1v) is 19.3. The number of piperazine rings is 1. The van der Waals surface area contributed by atoms with Crippen molar-refractivity contribution in [2.24, 2.45) is 0 Å². The standard InChI is InChI=1S/C33H41BrN9O2P/c1-41-13-15-42(16-14-41)22-9-12-43-23(18-22)6-5-21-17-27(29(45-2)19-28(21)43)39-33-37-20-24(34)32(40-33)38-26-8-7-25-30(36-11-10-35-25)31(26)46(3,4)44/h7-8,10-11,17,19-20,22-23H,5-6,9,12-16,18H2,1-4H3,(H2,37,38,39,40). The van der Waals surface area contributed by atoms with Gasteiger partial charge in [-0.1, -0.05) is 0 Å². The molecule has 0 bridgehead atoms. The predicted molar refractivity (Wildman–Crippen MR) is 189 cm³/mol. The number of nitrogens with one attached hydrogen (secondary N) is 2. The van der Waals surface area contributed by atoms with Gasteiger partial charge in [-0.05, 0) is 85.8 Å². The van der Waals surface area contributed by atoms with Crippen molar-refractivity contribution in [2.75, 3.05) is 75.7 Å². The van der Waals surface area contributed by atoms with Crippen LogP contribution in [-0.4, -0.2) is 102 Å². The van der Waals surface area contributed by atoms with Gasteiger partial charge in [0.1, 0.15) is 24.2 Å². The molecule has 0 saturated carbocycles. The highest BCUT2D eigenvalue weighted by atomic mass is 79.9. The number of rotatable bonds is 7. The second-order valence-electron chi connectivity index (χ2n) is 13.0. The van der Waals surface area contributed by atoms with Crippen molar-refractivity contribution in [3.05, 3.63) is 52.9 Å². The molecule has 0 amide bonds. The topological polar surface area (TPSA) is 112 Å². The van der Waals surface area contributed by atoms with Gasteiger partial charge in [-0.15, -0.1) is 0 Å². The van der Waals surface area contributed by atoms with Gasteiger partial charge in [-0.25, -0.2) is 4.98 Å². The second-order valence-corrected chi connectivity index (χ2v) is 17.0. The Kier molecular flexibility index (Phi) is 8.65. The number of anilines is 5. The van der Waals surface area contributed by atoms with Gasteiger partial charge >= 0.3 is 0 Å². The molecule has 0 radical (unpaired) electrons. The Bertz CT molecular complexity index is 1810. The number of aryl methyl sites for hydroxylation is 1. The van der Waals surface area contributed by atoms with Crippen LogP contribution in [0, 0.1) is 0 Å². The molecule has 2 aromatic heterocycles. The number of piperidine rings is 1. The summed E-state index contributed by atoms with van der Waals surface area (Å²) in [4.78, 5) is 26.0. The monoisotopic (exact) mass is 705 g/mol. The van der Waals surface area contributed by atoms with Crippen LogP contribution in [0.2, 0.25) is 0 Å². The van der Waals surface area contributed by atoms with Crippen molar-refractivity contribution in [1.82, 2.24) is 29.7 Å². The van der Waals surface area contributed by atoms with Crippen LogP contribution in [0.1, 0.15) is 24.8 Å². The van der Waals surface area contributed by atoms with E-state index in [-0.39, 0.29) is 0 Å². The predicted octanol–water partition coefficient (Wildman–Crippen LogP) is 5.46. The Hall–Kier alpha value is -3.31. The van der Waals surface area contributed by atoms with E-state index in [1.54, 1.807) is 39.0 Å². The van der Waals surface area contributed by atoms with Crippen LogP contribution in [0.15, 0.2) is 47.3 Å². The van der Waals surface area contributed by atoms with E-state index < -0.39 is 7.14 Å². The fourth-order valence-electron chi connectivity index (χ4n) is 7.24. The van der Waals surface area contributed by atoms with Gasteiger partial charge < -0.3 is 29.7 Å². The summed E-state index contributed by atoms with van der Waals surface area (Å²) in [5.74, 6) is 1.72. The fraction of sp³-hybridized carbons (Fsp3) is 0.455. The van der Waals surface area contributed by atoms with E-state index in [4.69, 9.17) is 9.72 Å². The Labute approximate surface area is 278 Å². The summed E-state index contributed by atoms with van der Waals surface area (Å²) in [6.07, 6.45) is 9.57. The number of benzene rings is 2. The molecule has 46 heavy (non-hydrogen) atoms. The number of aromatic nitrogens is 4. The van der Waals surface area contributed by atoms with E-state index in [1.807, 2.05) is 12.1 Å². The molecule has 2 unspecified atom stereocenters. The van der Waals surface area contributed by atoms with Gasteiger partial charge in [0.2, 0.25) is 5.95 Å². The highest BCUT2D eigenvalue weighted by Crippen LogP contribution is 2.43.